The number of hydrogen-bond acceptors (Lipinski definition) is 1. The largest absolute Gasteiger partial charge is 1.00 e. The third kappa shape index (κ3) is 2.22. The summed E-state index contributed by atoms with van der Waals surface area (Å²) in [7, 11) is 0. The molecule has 0 aliphatic carbocycles. The standard InChI is InChI=1S/C6H11O.Li/c1-6(2,3)5-4-7-5;/h4-5H,1-3H3;/q-1;+1. The van der Waals surface area contributed by atoms with E-state index >= 15 is 0 Å². The average molecular weight is 106 g/mol. The van der Waals surface area contributed by atoms with Crippen LogP contribution in [-0.2, 0) is 4.74 Å². The molecule has 1 aliphatic heterocycles. The van der Waals surface area contributed by atoms with E-state index in [4.69, 9.17) is 4.74 Å². The fourth-order valence-electron chi connectivity index (χ4n) is 0.448. The molecule has 1 fully saturated rings. The first-order valence-electron chi connectivity index (χ1n) is 2.59. The molecule has 0 aromatic rings. The van der Waals surface area contributed by atoms with Crippen molar-refractivity contribution in [3.05, 3.63) is 6.61 Å². The Bertz CT molecular complexity index is 71.1. The summed E-state index contributed by atoms with van der Waals surface area (Å²) in [5.41, 5.74) is 0.333. The van der Waals surface area contributed by atoms with E-state index in [0.717, 1.165) is 0 Å². The van der Waals surface area contributed by atoms with E-state index in [2.05, 4.69) is 20.8 Å². The molecule has 0 amide bonds. The summed E-state index contributed by atoms with van der Waals surface area (Å²) in [6.07, 6.45) is 0.424. The Morgan fingerprint density at radius 1 is 1.38 bits per heavy atom. The Morgan fingerprint density at radius 2 is 1.75 bits per heavy atom. The minimum atomic E-state index is 0. The van der Waals surface area contributed by atoms with Gasteiger partial charge >= 0.3 is 18.9 Å². The second-order valence-electron chi connectivity index (χ2n) is 3.06. The molecule has 42 valence electrons. The molecule has 0 saturated carbocycles. The monoisotopic (exact) mass is 106 g/mol. The van der Waals surface area contributed by atoms with E-state index in [-0.39, 0.29) is 18.9 Å². The Hall–Kier alpha value is 0.557. The van der Waals surface area contributed by atoms with E-state index in [1.807, 2.05) is 6.61 Å². The van der Waals surface area contributed by atoms with Crippen LogP contribution in [0.2, 0.25) is 0 Å². The fourth-order valence-corrected chi connectivity index (χ4v) is 0.448. The van der Waals surface area contributed by atoms with Gasteiger partial charge in [-0.25, -0.2) is 0 Å². The number of epoxide rings is 1. The van der Waals surface area contributed by atoms with Crippen molar-refractivity contribution in [3.63, 3.8) is 0 Å². The molecule has 1 unspecified atom stereocenters. The van der Waals surface area contributed by atoms with Crippen molar-refractivity contribution in [2.75, 3.05) is 0 Å². The van der Waals surface area contributed by atoms with Gasteiger partial charge in [0.1, 0.15) is 0 Å². The Kier molecular flexibility index (Phi) is 2.60. The molecule has 0 aromatic heterocycles. The third-order valence-electron chi connectivity index (χ3n) is 1.13. The zero-order valence-corrected chi connectivity index (χ0v) is 6.06. The average Bonchev–Trinajstić information content (AvgIpc) is 1.99. The topological polar surface area (TPSA) is 12.5 Å². The van der Waals surface area contributed by atoms with Gasteiger partial charge in [0, 0.05) is 0 Å². The molecular weight excluding hydrogens is 95.0 g/mol. The van der Waals surface area contributed by atoms with Gasteiger partial charge in [0.15, 0.2) is 0 Å². The van der Waals surface area contributed by atoms with Crippen molar-refractivity contribution in [1.29, 1.82) is 0 Å². The first-order chi connectivity index (χ1) is 3.11. The van der Waals surface area contributed by atoms with E-state index in [1.165, 1.54) is 0 Å². The zero-order valence-electron chi connectivity index (χ0n) is 6.06. The van der Waals surface area contributed by atoms with Gasteiger partial charge in [-0.05, 0) is 5.41 Å². The number of rotatable bonds is 0. The van der Waals surface area contributed by atoms with Crippen molar-refractivity contribution in [1.82, 2.24) is 0 Å². The van der Waals surface area contributed by atoms with Crippen LogP contribution in [0.4, 0.5) is 0 Å². The second kappa shape index (κ2) is 2.43. The van der Waals surface area contributed by atoms with Crippen molar-refractivity contribution >= 4 is 0 Å². The Balaban J connectivity index is 0.000000490. The summed E-state index contributed by atoms with van der Waals surface area (Å²) < 4.78 is 4.95. The number of hydrogen-bond donors (Lipinski definition) is 0. The quantitative estimate of drug-likeness (QED) is 0.210. The predicted octanol–water partition coefficient (Wildman–Crippen LogP) is -1.40. The second-order valence-corrected chi connectivity index (χ2v) is 3.06. The first kappa shape index (κ1) is 8.56. The molecule has 1 aliphatic rings. The van der Waals surface area contributed by atoms with Gasteiger partial charge in [0.2, 0.25) is 0 Å². The molecule has 2 heteroatoms. The van der Waals surface area contributed by atoms with Crippen LogP contribution in [-0.4, -0.2) is 6.10 Å². The summed E-state index contributed by atoms with van der Waals surface area (Å²) in [5.74, 6) is 0. The summed E-state index contributed by atoms with van der Waals surface area (Å²) in [6, 6.07) is 0. The van der Waals surface area contributed by atoms with Crippen LogP contribution < -0.4 is 18.9 Å². The summed E-state index contributed by atoms with van der Waals surface area (Å²) >= 11 is 0. The molecule has 0 radical (unpaired) electrons. The Labute approximate surface area is 63.0 Å². The van der Waals surface area contributed by atoms with Gasteiger partial charge in [-0.15, -0.1) is 0 Å². The molecule has 1 atom stereocenters. The summed E-state index contributed by atoms with van der Waals surface area (Å²) in [5, 5.41) is 0. The fraction of sp³-hybridized carbons (Fsp3) is 0.833. The van der Waals surface area contributed by atoms with E-state index in [1.54, 1.807) is 0 Å². The maximum atomic E-state index is 4.95. The Morgan fingerprint density at radius 3 is 1.75 bits per heavy atom. The number of ether oxygens (including phenoxy) is 1. The van der Waals surface area contributed by atoms with Crippen LogP contribution in [0, 0.1) is 12.0 Å². The van der Waals surface area contributed by atoms with Gasteiger partial charge in [0.05, 0.1) is 0 Å². The van der Waals surface area contributed by atoms with Crippen molar-refractivity contribution in [2.45, 2.75) is 26.9 Å². The minimum absolute atomic E-state index is 0. The normalized spacial score (nSPS) is 26.6. The molecule has 8 heavy (non-hydrogen) atoms. The molecule has 1 heterocycles. The predicted molar refractivity (Wildman–Crippen MR) is 28.6 cm³/mol. The van der Waals surface area contributed by atoms with Gasteiger partial charge in [-0.3, -0.25) is 0 Å². The van der Waals surface area contributed by atoms with E-state index < -0.39 is 0 Å². The van der Waals surface area contributed by atoms with Crippen LogP contribution in [0.25, 0.3) is 0 Å². The summed E-state index contributed by atoms with van der Waals surface area (Å²) in [4.78, 5) is 0. The molecule has 1 rings (SSSR count). The van der Waals surface area contributed by atoms with Crippen molar-refractivity contribution in [2.24, 2.45) is 5.41 Å². The van der Waals surface area contributed by atoms with Gasteiger partial charge in [0.25, 0.3) is 0 Å². The SMILES string of the molecule is CC(C)(C)C1[CH-]O1.[Li+]. The summed E-state index contributed by atoms with van der Waals surface area (Å²) in [6.45, 7) is 8.38. The van der Waals surface area contributed by atoms with E-state index in [9.17, 15) is 0 Å². The van der Waals surface area contributed by atoms with Crippen LogP contribution in [0.3, 0.4) is 0 Å². The molecule has 0 spiro atoms. The minimum Gasteiger partial charge on any atom is -0.570 e. The van der Waals surface area contributed by atoms with Gasteiger partial charge in [-0.1, -0.05) is 26.9 Å². The first-order valence-corrected chi connectivity index (χ1v) is 2.59. The molecule has 0 bridgehead atoms. The van der Waals surface area contributed by atoms with Crippen LogP contribution >= 0.6 is 0 Å². The van der Waals surface area contributed by atoms with Gasteiger partial charge in [-0.2, -0.15) is 6.61 Å². The van der Waals surface area contributed by atoms with Crippen molar-refractivity contribution < 1.29 is 23.6 Å². The molecule has 0 N–H and O–H groups in total. The molecule has 1 nitrogen and oxygen atoms in total. The maximum absolute atomic E-state index is 4.95. The van der Waals surface area contributed by atoms with Crippen LogP contribution in [0.15, 0.2) is 0 Å². The zero-order chi connectivity index (χ0) is 5.49. The third-order valence-corrected chi connectivity index (χ3v) is 1.13. The maximum Gasteiger partial charge on any atom is 1.00 e. The smallest absolute Gasteiger partial charge is 0.570 e. The molecule has 0 aromatic carbocycles. The van der Waals surface area contributed by atoms with E-state index in [0.29, 0.717) is 11.5 Å². The molecule has 1 saturated heterocycles. The molecular formula is C6H11LiO. The van der Waals surface area contributed by atoms with Crippen LogP contribution in [0.1, 0.15) is 20.8 Å². The van der Waals surface area contributed by atoms with Crippen molar-refractivity contribution in [3.8, 4) is 0 Å². The van der Waals surface area contributed by atoms with Crippen LogP contribution in [0.5, 0.6) is 0 Å². The van der Waals surface area contributed by atoms with Gasteiger partial charge < -0.3 is 4.74 Å².